The molecule has 0 saturated carbocycles. The number of aromatic carboxylic acids is 1. The quantitative estimate of drug-likeness (QED) is 0.709. The number of carboxylic acid groups (broad SMARTS) is 1. The number of benzene rings is 1. The molecule has 128 valence electrons. The Balaban J connectivity index is 2.02. The molecule has 0 spiro atoms. The van der Waals surface area contributed by atoms with Crippen molar-refractivity contribution in [1.29, 1.82) is 0 Å². The van der Waals surface area contributed by atoms with E-state index in [2.05, 4.69) is 4.99 Å². The third kappa shape index (κ3) is 3.32. The number of aromatic nitrogens is 1. The zero-order valence-electron chi connectivity index (χ0n) is 13.7. The summed E-state index contributed by atoms with van der Waals surface area (Å²) in [6, 6.07) is 8.98. The average molecular weight is 356 g/mol. The van der Waals surface area contributed by atoms with Crippen LogP contribution in [-0.2, 0) is 6.54 Å². The fourth-order valence-electron chi connectivity index (χ4n) is 2.45. The Morgan fingerprint density at radius 3 is 2.68 bits per heavy atom. The van der Waals surface area contributed by atoms with Crippen molar-refractivity contribution >= 4 is 39.4 Å². The highest BCUT2D eigenvalue weighted by Crippen LogP contribution is 2.24. The normalized spacial score (nSPS) is 11.3. The van der Waals surface area contributed by atoms with Gasteiger partial charge >= 0.3 is 5.97 Å². The predicted octanol–water partition coefficient (Wildman–Crippen LogP) is 3.54. The Morgan fingerprint density at radius 2 is 2.08 bits per heavy atom. The van der Waals surface area contributed by atoms with Gasteiger partial charge in [-0.15, -0.1) is 11.3 Å². The number of thiophene rings is 1. The minimum absolute atomic E-state index is 0.217. The molecule has 0 bridgehead atoms. The summed E-state index contributed by atoms with van der Waals surface area (Å²) in [4.78, 5) is 29.5. The first-order chi connectivity index (χ1) is 12.0. The van der Waals surface area contributed by atoms with Gasteiger partial charge in [0.05, 0.1) is 18.2 Å². The van der Waals surface area contributed by atoms with Crippen LogP contribution in [0.1, 0.15) is 22.2 Å². The number of fused-ring (bicyclic) bond motifs is 1. The Labute approximate surface area is 147 Å². The first kappa shape index (κ1) is 16.9. The number of hydrogen-bond donors (Lipinski definition) is 1. The van der Waals surface area contributed by atoms with Gasteiger partial charge in [0.1, 0.15) is 16.1 Å². The molecule has 0 atom stereocenters. The van der Waals surface area contributed by atoms with Gasteiger partial charge in [-0.05, 0) is 37.3 Å². The first-order valence-electron chi connectivity index (χ1n) is 7.62. The van der Waals surface area contributed by atoms with Gasteiger partial charge in [0.25, 0.3) is 0 Å². The largest absolute Gasteiger partial charge is 0.497 e. The second kappa shape index (κ2) is 6.90. The standard InChI is InChI=1S/C18H16N2O4S/c1-3-20-10-15(18(22)23)16(21)14-8-13(25-17(14)20)9-19-11-4-6-12(24-2)7-5-11/h4-10H,3H2,1-2H3,(H,22,23). The van der Waals surface area contributed by atoms with Crippen molar-refractivity contribution in [2.45, 2.75) is 13.5 Å². The topological polar surface area (TPSA) is 80.9 Å². The zero-order chi connectivity index (χ0) is 18.0. The number of aryl methyl sites for hydroxylation is 1. The van der Waals surface area contributed by atoms with Crippen molar-refractivity contribution in [3.05, 3.63) is 57.2 Å². The van der Waals surface area contributed by atoms with Gasteiger partial charge in [-0.25, -0.2) is 4.79 Å². The second-order valence-electron chi connectivity index (χ2n) is 5.29. The van der Waals surface area contributed by atoms with Gasteiger partial charge in [-0.3, -0.25) is 9.79 Å². The maximum Gasteiger partial charge on any atom is 0.341 e. The second-order valence-corrected chi connectivity index (χ2v) is 6.35. The van der Waals surface area contributed by atoms with Crippen LogP contribution < -0.4 is 10.2 Å². The van der Waals surface area contributed by atoms with E-state index in [1.807, 2.05) is 31.2 Å². The van der Waals surface area contributed by atoms with Crippen molar-refractivity contribution < 1.29 is 14.6 Å². The Bertz CT molecular complexity index is 1020. The molecule has 2 heterocycles. The van der Waals surface area contributed by atoms with Crippen LogP contribution in [0, 0.1) is 0 Å². The highest BCUT2D eigenvalue weighted by atomic mass is 32.1. The van der Waals surface area contributed by atoms with E-state index in [9.17, 15) is 14.7 Å². The van der Waals surface area contributed by atoms with Crippen LogP contribution in [0.5, 0.6) is 5.75 Å². The molecule has 0 aliphatic rings. The van der Waals surface area contributed by atoms with E-state index in [4.69, 9.17) is 4.74 Å². The minimum Gasteiger partial charge on any atom is -0.497 e. The molecule has 0 saturated heterocycles. The third-order valence-corrected chi connectivity index (χ3v) is 4.86. The molecule has 0 aliphatic carbocycles. The smallest absolute Gasteiger partial charge is 0.341 e. The maximum atomic E-state index is 12.4. The van der Waals surface area contributed by atoms with Crippen molar-refractivity contribution in [1.82, 2.24) is 4.57 Å². The third-order valence-electron chi connectivity index (χ3n) is 3.75. The zero-order valence-corrected chi connectivity index (χ0v) is 14.5. The highest BCUT2D eigenvalue weighted by molar-refractivity contribution is 7.20. The summed E-state index contributed by atoms with van der Waals surface area (Å²) in [6.07, 6.45) is 3.07. The van der Waals surface area contributed by atoms with Gasteiger partial charge in [0.2, 0.25) is 5.43 Å². The summed E-state index contributed by atoms with van der Waals surface area (Å²) < 4.78 is 6.88. The monoisotopic (exact) mass is 356 g/mol. The molecule has 6 nitrogen and oxygen atoms in total. The number of pyridine rings is 1. The molecule has 1 N–H and O–H groups in total. The average Bonchev–Trinajstić information content (AvgIpc) is 3.05. The highest BCUT2D eigenvalue weighted by Gasteiger charge is 2.16. The van der Waals surface area contributed by atoms with Crippen LogP contribution in [0.15, 0.2) is 46.3 Å². The molecule has 0 amide bonds. The number of nitrogens with zero attached hydrogens (tertiary/aromatic N) is 2. The molecule has 0 fully saturated rings. The number of methoxy groups -OCH3 is 1. The van der Waals surface area contributed by atoms with Crippen molar-refractivity contribution in [3.63, 3.8) is 0 Å². The van der Waals surface area contributed by atoms with Crippen LogP contribution in [0.25, 0.3) is 10.2 Å². The van der Waals surface area contributed by atoms with E-state index < -0.39 is 11.4 Å². The van der Waals surface area contributed by atoms with E-state index in [-0.39, 0.29) is 5.56 Å². The Hall–Kier alpha value is -2.93. The van der Waals surface area contributed by atoms with Crippen molar-refractivity contribution in [2.75, 3.05) is 7.11 Å². The van der Waals surface area contributed by atoms with Crippen LogP contribution in [0.3, 0.4) is 0 Å². The number of hydrogen-bond acceptors (Lipinski definition) is 5. The summed E-state index contributed by atoms with van der Waals surface area (Å²) in [5.41, 5.74) is 0.0773. The van der Waals surface area contributed by atoms with E-state index >= 15 is 0 Å². The summed E-state index contributed by atoms with van der Waals surface area (Å²) >= 11 is 1.41. The fourth-order valence-corrected chi connectivity index (χ4v) is 3.52. The Morgan fingerprint density at radius 1 is 1.36 bits per heavy atom. The minimum atomic E-state index is -1.21. The molecule has 3 aromatic rings. The number of rotatable bonds is 5. The fraction of sp³-hybridized carbons (Fsp3) is 0.167. The van der Waals surface area contributed by atoms with Crippen LogP contribution in [0.4, 0.5) is 5.69 Å². The van der Waals surface area contributed by atoms with Crippen LogP contribution in [0.2, 0.25) is 0 Å². The molecule has 0 radical (unpaired) electrons. The molecule has 25 heavy (non-hydrogen) atoms. The van der Waals surface area contributed by atoms with E-state index in [0.717, 1.165) is 21.1 Å². The van der Waals surface area contributed by atoms with Gasteiger partial charge in [-0.2, -0.15) is 0 Å². The molecule has 0 aliphatic heterocycles. The van der Waals surface area contributed by atoms with Crippen LogP contribution >= 0.6 is 11.3 Å². The maximum absolute atomic E-state index is 12.4. The lowest BCUT2D eigenvalue weighted by atomic mass is 10.2. The molecular formula is C18H16N2O4S. The van der Waals surface area contributed by atoms with Gasteiger partial charge in [0.15, 0.2) is 0 Å². The van der Waals surface area contributed by atoms with Crippen molar-refractivity contribution in [3.8, 4) is 5.75 Å². The predicted molar refractivity (Wildman–Crippen MR) is 99.0 cm³/mol. The van der Waals surface area contributed by atoms with Gasteiger partial charge in [0, 0.05) is 23.8 Å². The lowest BCUT2D eigenvalue weighted by molar-refractivity contribution is 0.0695. The number of carboxylic acids is 1. The lowest BCUT2D eigenvalue weighted by Gasteiger charge is -2.05. The van der Waals surface area contributed by atoms with E-state index in [1.54, 1.807) is 24.0 Å². The number of aliphatic imine (C=N–C) groups is 1. The van der Waals surface area contributed by atoms with E-state index in [1.165, 1.54) is 17.5 Å². The number of ether oxygens (including phenoxy) is 1. The first-order valence-corrected chi connectivity index (χ1v) is 8.43. The molecule has 7 heteroatoms. The SMILES string of the molecule is CCn1cc(C(=O)O)c(=O)c2cc(C=Nc3ccc(OC)cc3)sc21. The lowest BCUT2D eigenvalue weighted by Crippen LogP contribution is -2.17. The van der Waals surface area contributed by atoms with Gasteiger partial charge < -0.3 is 14.4 Å². The molecular weight excluding hydrogens is 340 g/mol. The van der Waals surface area contributed by atoms with Crippen molar-refractivity contribution in [2.24, 2.45) is 4.99 Å². The number of carbonyl (C=O) groups is 1. The summed E-state index contributed by atoms with van der Waals surface area (Å²) in [5.74, 6) is -0.462. The van der Waals surface area contributed by atoms with Crippen LogP contribution in [-0.4, -0.2) is 29.0 Å². The molecule has 1 aromatic carbocycles. The molecule has 2 aromatic heterocycles. The summed E-state index contributed by atoms with van der Waals surface area (Å²) in [5, 5.41) is 9.61. The molecule has 0 unspecified atom stereocenters. The summed E-state index contributed by atoms with van der Waals surface area (Å²) in [7, 11) is 1.60. The van der Waals surface area contributed by atoms with E-state index in [0.29, 0.717) is 11.9 Å². The molecule has 3 rings (SSSR count). The van der Waals surface area contributed by atoms with Gasteiger partial charge in [-0.1, -0.05) is 0 Å². The Kier molecular flexibility index (Phi) is 4.67. The summed E-state index contributed by atoms with van der Waals surface area (Å²) in [6.45, 7) is 2.48.